The molecule has 0 saturated carbocycles. The molecule has 3 aromatic rings. The zero-order valence-electron chi connectivity index (χ0n) is 15.7. The van der Waals surface area contributed by atoms with Crippen molar-refractivity contribution in [3.63, 3.8) is 0 Å². The topological polar surface area (TPSA) is 78.6 Å². The minimum absolute atomic E-state index is 0.0111. The predicted octanol–water partition coefficient (Wildman–Crippen LogP) is 3.01. The normalized spacial score (nSPS) is 16.4. The Morgan fingerprint density at radius 1 is 1.19 bits per heavy atom. The van der Waals surface area contributed by atoms with Crippen molar-refractivity contribution < 1.29 is 14.3 Å². The lowest BCUT2D eigenvalue weighted by Gasteiger charge is -2.24. The van der Waals surface area contributed by atoms with Crippen molar-refractivity contribution in [3.8, 4) is 11.5 Å². The van der Waals surface area contributed by atoms with Crippen LogP contribution in [-0.2, 0) is 12.8 Å². The van der Waals surface area contributed by atoms with Gasteiger partial charge in [0.05, 0.1) is 25.5 Å². The van der Waals surface area contributed by atoms with Crippen molar-refractivity contribution in [3.05, 3.63) is 47.0 Å². The summed E-state index contributed by atoms with van der Waals surface area (Å²) in [4.78, 5) is 21.9. The quantitative estimate of drug-likeness (QED) is 0.691. The van der Waals surface area contributed by atoms with E-state index < -0.39 is 0 Å². The molecule has 0 aliphatic heterocycles. The van der Waals surface area contributed by atoms with Gasteiger partial charge in [-0.25, -0.2) is 9.50 Å². The number of fused-ring (bicyclic) bond motifs is 2. The third kappa shape index (κ3) is 3.13. The van der Waals surface area contributed by atoms with Crippen LogP contribution in [0.4, 0.5) is 0 Å². The highest BCUT2D eigenvalue weighted by Crippen LogP contribution is 2.38. The number of Topliss-reactive ketones (excluding diaryl/α,β-unsaturated/α-hetero) is 1. The second-order valence-electron chi connectivity index (χ2n) is 6.76. The van der Waals surface area contributed by atoms with Gasteiger partial charge in [-0.1, -0.05) is 6.92 Å². The van der Waals surface area contributed by atoms with E-state index in [1.807, 2.05) is 18.2 Å². The zero-order chi connectivity index (χ0) is 19.0. The first-order valence-electron chi connectivity index (χ1n) is 9.13. The van der Waals surface area contributed by atoms with Crippen molar-refractivity contribution in [1.29, 1.82) is 0 Å². The maximum atomic E-state index is 12.8. The molecule has 0 amide bonds. The molecule has 1 unspecified atom stereocenters. The molecule has 7 heteroatoms. The molecular weight excluding hydrogens is 344 g/mol. The van der Waals surface area contributed by atoms with Crippen LogP contribution >= 0.6 is 0 Å². The van der Waals surface area contributed by atoms with Crippen LogP contribution in [0.1, 0.15) is 53.1 Å². The molecule has 0 N–H and O–H groups in total. The van der Waals surface area contributed by atoms with Crippen molar-refractivity contribution in [2.45, 2.75) is 38.5 Å². The predicted molar refractivity (Wildman–Crippen MR) is 99.7 cm³/mol. The number of rotatable bonds is 5. The van der Waals surface area contributed by atoms with Gasteiger partial charge in [-0.2, -0.15) is 4.98 Å². The smallest absolute Gasteiger partial charge is 0.252 e. The number of hydrogen-bond acceptors (Lipinski definition) is 6. The Kier molecular flexibility index (Phi) is 4.51. The van der Waals surface area contributed by atoms with Crippen molar-refractivity contribution in [2.75, 3.05) is 14.2 Å². The van der Waals surface area contributed by atoms with Gasteiger partial charge < -0.3 is 9.47 Å². The van der Waals surface area contributed by atoms with Crippen molar-refractivity contribution in [1.82, 2.24) is 19.6 Å². The molecule has 1 aliphatic carbocycles. The van der Waals surface area contributed by atoms with Crippen LogP contribution < -0.4 is 9.47 Å². The molecule has 0 bridgehead atoms. The van der Waals surface area contributed by atoms with E-state index in [4.69, 9.17) is 9.47 Å². The first kappa shape index (κ1) is 17.5. The zero-order valence-corrected chi connectivity index (χ0v) is 15.7. The molecule has 140 valence electrons. The van der Waals surface area contributed by atoms with Gasteiger partial charge in [0.25, 0.3) is 5.78 Å². The summed E-state index contributed by atoms with van der Waals surface area (Å²) >= 11 is 0. The lowest BCUT2D eigenvalue weighted by atomic mass is 9.81. The van der Waals surface area contributed by atoms with E-state index in [1.54, 1.807) is 24.9 Å². The lowest BCUT2D eigenvalue weighted by molar-refractivity contribution is 0.0962. The van der Waals surface area contributed by atoms with E-state index in [1.165, 1.54) is 0 Å². The van der Waals surface area contributed by atoms with E-state index in [2.05, 4.69) is 22.0 Å². The molecule has 4 rings (SSSR count). The minimum Gasteiger partial charge on any atom is -0.497 e. The summed E-state index contributed by atoms with van der Waals surface area (Å²) in [5.41, 5.74) is 2.36. The fourth-order valence-electron chi connectivity index (χ4n) is 3.63. The average molecular weight is 366 g/mol. The third-order valence-corrected chi connectivity index (χ3v) is 4.98. The first-order chi connectivity index (χ1) is 13.1. The molecule has 2 heterocycles. The van der Waals surface area contributed by atoms with Crippen molar-refractivity contribution >= 4 is 11.6 Å². The number of aromatic nitrogens is 4. The lowest BCUT2D eigenvalue weighted by Crippen LogP contribution is -2.21. The molecule has 0 spiro atoms. The Hall–Kier alpha value is -2.96. The molecule has 0 fully saturated rings. The molecule has 2 aromatic heterocycles. The number of ketones is 1. The number of aryl methyl sites for hydroxylation is 1. The summed E-state index contributed by atoms with van der Waals surface area (Å²) in [5, 5.41) is 4.43. The molecule has 1 aliphatic rings. The molecule has 1 atom stereocenters. The van der Waals surface area contributed by atoms with E-state index in [9.17, 15) is 4.79 Å². The van der Waals surface area contributed by atoms with Crippen LogP contribution in [0.3, 0.4) is 0 Å². The van der Waals surface area contributed by atoms with Crippen LogP contribution in [-0.4, -0.2) is 39.6 Å². The van der Waals surface area contributed by atoms with Gasteiger partial charge in [-0.15, -0.1) is 5.10 Å². The molecule has 7 nitrogen and oxygen atoms in total. The molecule has 1 aromatic carbocycles. The van der Waals surface area contributed by atoms with Gasteiger partial charge in [0.1, 0.15) is 11.5 Å². The van der Waals surface area contributed by atoms with E-state index in [0.29, 0.717) is 24.2 Å². The van der Waals surface area contributed by atoms with Crippen LogP contribution in [0.25, 0.3) is 5.78 Å². The number of benzene rings is 1. The largest absolute Gasteiger partial charge is 0.497 e. The fraction of sp³-hybridized carbons (Fsp3) is 0.400. The Labute approximate surface area is 157 Å². The number of carbonyl (C=O) groups excluding carboxylic acids is 1. The molecular formula is C20H22N4O3. The highest BCUT2D eigenvalue weighted by Gasteiger charge is 2.30. The monoisotopic (exact) mass is 366 g/mol. The van der Waals surface area contributed by atoms with Crippen LogP contribution in [0.2, 0.25) is 0 Å². The number of nitrogens with zero attached hydrogens (tertiary/aromatic N) is 4. The SMILES string of the molecule is CCCc1nc2nc3c(cn2n1)C(=O)CC(c1cc(OC)ccc1OC)C3. The summed E-state index contributed by atoms with van der Waals surface area (Å²) in [5.74, 6) is 2.85. The maximum Gasteiger partial charge on any atom is 0.252 e. The van der Waals surface area contributed by atoms with Crippen molar-refractivity contribution in [2.24, 2.45) is 0 Å². The van der Waals surface area contributed by atoms with Crippen LogP contribution in [0.5, 0.6) is 11.5 Å². The summed E-state index contributed by atoms with van der Waals surface area (Å²) in [6.45, 7) is 2.08. The Bertz CT molecular complexity index is 1010. The standard InChI is InChI=1S/C20H22N4O3/c1-4-5-19-22-20-21-16-8-12(9-17(25)15(16)11-24(20)23-19)14-10-13(26-2)6-7-18(14)27-3/h6-7,10-12H,4-5,8-9H2,1-3H3. The number of carbonyl (C=O) groups is 1. The highest BCUT2D eigenvalue weighted by molar-refractivity contribution is 5.98. The summed E-state index contributed by atoms with van der Waals surface area (Å²) < 4.78 is 12.5. The first-order valence-corrected chi connectivity index (χ1v) is 9.13. The third-order valence-electron chi connectivity index (χ3n) is 4.98. The van der Waals surface area contributed by atoms with Gasteiger partial charge in [0.15, 0.2) is 11.6 Å². The number of hydrogen-bond donors (Lipinski definition) is 0. The second kappa shape index (κ2) is 6.98. The van der Waals surface area contributed by atoms with E-state index in [-0.39, 0.29) is 11.7 Å². The number of ether oxygens (including phenoxy) is 2. The van der Waals surface area contributed by atoms with Gasteiger partial charge >= 0.3 is 0 Å². The van der Waals surface area contributed by atoms with Gasteiger partial charge in [0, 0.05) is 30.5 Å². The second-order valence-corrected chi connectivity index (χ2v) is 6.76. The Morgan fingerprint density at radius 2 is 2.04 bits per heavy atom. The van der Waals surface area contributed by atoms with Crippen LogP contribution in [0.15, 0.2) is 24.4 Å². The van der Waals surface area contributed by atoms with E-state index >= 15 is 0 Å². The molecule has 0 saturated heterocycles. The van der Waals surface area contributed by atoms with Gasteiger partial charge in [-0.3, -0.25) is 4.79 Å². The summed E-state index contributed by atoms with van der Waals surface area (Å²) in [7, 11) is 3.27. The highest BCUT2D eigenvalue weighted by atomic mass is 16.5. The van der Waals surface area contributed by atoms with E-state index in [0.717, 1.165) is 41.4 Å². The average Bonchev–Trinajstić information content (AvgIpc) is 3.07. The fourth-order valence-corrected chi connectivity index (χ4v) is 3.63. The summed E-state index contributed by atoms with van der Waals surface area (Å²) in [6, 6.07) is 5.67. The minimum atomic E-state index is -0.0111. The van der Waals surface area contributed by atoms with Crippen LogP contribution in [0, 0.1) is 0 Å². The maximum absolute atomic E-state index is 12.8. The number of methoxy groups -OCH3 is 2. The molecule has 0 radical (unpaired) electrons. The Balaban J connectivity index is 1.74. The molecule has 27 heavy (non-hydrogen) atoms. The Morgan fingerprint density at radius 3 is 2.78 bits per heavy atom. The summed E-state index contributed by atoms with van der Waals surface area (Å²) in [6.07, 6.45) is 4.58. The van der Waals surface area contributed by atoms with Gasteiger partial charge in [-0.05, 0) is 31.0 Å². The van der Waals surface area contributed by atoms with Gasteiger partial charge in [0.2, 0.25) is 0 Å².